The van der Waals surface area contributed by atoms with Crippen molar-refractivity contribution in [3.05, 3.63) is 6.42 Å². The third-order valence-corrected chi connectivity index (χ3v) is 0.584. The Morgan fingerprint density at radius 3 is 2.50 bits per heavy atom. The first-order valence-electron chi connectivity index (χ1n) is 1.78. The van der Waals surface area contributed by atoms with E-state index in [9.17, 15) is 0 Å². The van der Waals surface area contributed by atoms with E-state index in [4.69, 9.17) is 5.11 Å². The zero-order valence-electron chi connectivity index (χ0n) is 3.42. The van der Waals surface area contributed by atoms with Gasteiger partial charge in [-0.1, -0.05) is 12.2 Å². The van der Waals surface area contributed by atoms with Crippen molar-refractivity contribution in [1.82, 2.24) is 0 Å². The molecule has 0 aromatic heterocycles. The van der Waals surface area contributed by atoms with E-state index >= 15 is 0 Å². The molecule has 0 bridgehead atoms. The summed E-state index contributed by atoms with van der Waals surface area (Å²) >= 11 is 4.45. The number of aliphatic hydroxyl groups is 1. The van der Waals surface area contributed by atoms with Gasteiger partial charge in [-0.05, 0) is 18.2 Å². The zero-order valence-corrected chi connectivity index (χ0v) is 4.24. The second-order valence-electron chi connectivity index (χ2n) is 0.874. The average Bonchev–Trinajstić information content (AvgIpc) is 1.61. The van der Waals surface area contributed by atoms with Crippen LogP contribution in [-0.4, -0.2) is 17.1 Å². The predicted molar refractivity (Wildman–Crippen MR) is 29.7 cm³/mol. The Labute approximate surface area is 43.0 Å². The minimum absolute atomic E-state index is 0.132. The fraction of sp³-hybridized carbons (Fsp3) is 0.500. The van der Waals surface area contributed by atoms with Crippen LogP contribution in [0.1, 0.15) is 6.42 Å². The maximum atomic E-state index is 8.08. The molecular weight excluding hydrogens is 96.1 g/mol. The highest BCUT2D eigenvalue weighted by molar-refractivity contribution is 7.78. The van der Waals surface area contributed by atoms with Gasteiger partial charge < -0.3 is 5.11 Å². The molecule has 0 aromatic rings. The molecule has 0 atom stereocenters. The van der Waals surface area contributed by atoms with E-state index in [1.165, 1.54) is 0 Å². The van der Waals surface area contributed by atoms with Crippen molar-refractivity contribution in [3.63, 3.8) is 0 Å². The van der Waals surface area contributed by atoms with Crippen LogP contribution in [0.15, 0.2) is 0 Å². The lowest BCUT2D eigenvalue weighted by molar-refractivity contribution is 0.327. The summed E-state index contributed by atoms with van der Waals surface area (Å²) in [6.45, 7) is 0.132. The molecular formula is C4H7OS. The van der Waals surface area contributed by atoms with E-state index in [0.29, 0.717) is 0 Å². The van der Waals surface area contributed by atoms with Gasteiger partial charge in [0.25, 0.3) is 0 Å². The maximum absolute atomic E-state index is 8.08. The van der Waals surface area contributed by atoms with E-state index in [2.05, 4.69) is 12.2 Å². The van der Waals surface area contributed by atoms with Gasteiger partial charge in [-0.2, -0.15) is 0 Å². The van der Waals surface area contributed by atoms with Crippen LogP contribution in [-0.2, 0) is 0 Å². The van der Waals surface area contributed by atoms with Gasteiger partial charge in [-0.15, -0.1) is 0 Å². The fourth-order valence-electron chi connectivity index (χ4n) is 0.143. The highest BCUT2D eigenvalue weighted by atomic mass is 32.1. The molecule has 0 saturated heterocycles. The van der Waals surface area contributed by atoms with Crippen molar-refractivity contribution in [2.24, 2.45) is 0 Å². The monoisotopic (exact) mass is 103 g/mol. The lowest BCUT2D eigenvalue weighted by atomic mass is 10.4. The SMILES string of the molecule is OC[CH]CC=S. The third-order valence-electron chi connectivity index (χ3n) is 0.392. The van der Waals surface area contributed by atoms with E-state index < -0.39 is 0 Å². The first kappa shape index (κ1) is 6.05. The summed E-state index contributed by atoms with van der Waals surface area (Å²) in [5, 5.41) is 9.66. The number of rotatable bonds is 3. The summed E-state index contributed by atoms with van der Waals surface area (Å²) in [6.07, 6.45) is 2.43. The number of thiocarbonyl (C=S) groups is 1. The second kappa shape index (κ2) is 5.05. The van der Waals surface area contributed by atoms with Crippen molar-refractivity contribution in [2.45, 2.75) is 6.42 Å². The molecule has 0 aliphatic heterocycles. The molecule has 6 heavy (non-hydrogen) atoms. The Morgan fingerprint density at radius 1 is 1.67 bits per heavy atom. The van der Waals surface area contributed by atoms with Crippen LogP contribution in [0.25, 0.3) is 0 Å². The van der Waals surface area contributed by atoms with Gasteiger partial charge in [-0.3, -0.25) is 0 Å². The van der Waals surface area contributed by atoms with E-state index in [1.54, 1.807) is 11.8 Å². The molecule has 1 N–H and O–H groups in total. The molecule has 0 amide bonds. The first-order valence-corrected chi connectivity index (χ1v) is 2.25. The lowest BCUT2D eigenvalue weighted by Crippen LogP contribution is -1.81. The Kier molecular flexibility index (Phi) is 5.09. The quantitative estimate of drug-likeness (QED) is 0.416. The number of aliphatic hydroxyl groups excluding tert-OH is 1. The highest BCUT2D eigenvalue weighted by Gasteiger charge is 1.74. The van der Waals surface area contributed by atoms with Gasteiger partial charge in [-0.25, -0.2) is 0 Å². The van der Waals surface area contributed by atoms with Crippen LogP contribution >= 0.6 is 12.2 Å². The van der Waals surface area contributed by atoms with Gasteiger partial charge in [0.15, 0.2) is 0 Å². The Bertz CT molecular complexity index is 36.5. The Morgan fingerprint density at radius 2 is 2.33 bits per heavy atom. The van der Waals surface area contributed by atoms with Crippen molar-refractivity contribution in [3.8, 4) is 0 Å². The largest absolute Gasteiger partial charge is 0.396 e. The van der Waals surface area contributed by atoms with Gasteiger partial charge in [0.1, 0.15) is 0 Å². The number of hydrogen-bond donors (Lipinski definition) is 1. The summed E-state index contributed by atoms with van der Waals surface area (Å²) in [7, 11) is 0. The molecule has 0 fully saturated rings. The van der Waals surface area contributed by atoms with Gasteiger partial charge in [0.2, 0.25) is 0 Å². The van der Waals surface area contributed by atoms with Crippen LogP contribution in [0.5, 0.6) is 0 Å². The molecule has 0 aliphatic rings. The van der Waals surface area contributed by atoms with Crippen molar-refractivity contribution in [1.29, 1.82) is 0 Å². The predicted octanol–water partition coefficient (Wildman–Crippen LogP) is 0.573. The molecule has 0 aromatic carbocycles. The summed E-state index contributed by atoms with van der Waals surface area (Å²) in [4.78, 5) is 0. The zero-order chi connectivity index (χ0) is 4.83. The molecule has 0 unspecified atom stereocenters. The van der Waals surface area contributed by atoms with Gasteiger partial charge in [0.05, 0.1) is 0 Å². The van der Waals surface area contributed by atoms with Gasteiger partial charge in [0, 0.05) is 6.61 Å². The van der Waals surface area contributed by atoms with Crippen molar-refractivity contribution < 1.29 is 5.11 Å². The van der Waals surface area contributed by atoms with Crippen LogP contribution in [0.2, 0.25) is 0 Å². The molecule has 0 aliphatic carbocycles. The molecule has 0 heterocycles. The van der Waals surface area contributed by atoms with E-state index in [0.717, 1.165) is 6.42 Å². The third kappa shape index (κ3) is 4.05. The summed E-state index contributed by atoms with van der Waals surface area (Å²) in [5.41, 5.74) is 0. The maximum Gasteiger partial charge on any atom is 0.0466 e. The number of hydrogen-bond acceptors (Lipinski definition) is 2. The smallest absolute Gasteiger partial charge is 0.0466 e. The fourth-order valence-corrected chi connectivity index (χ4v) is 0.279. The van der Waals surface area contributed by atoms with E-state index in [1.807, 2.05) is 0 Å². The summed E-state index contributed by atoms with van der Waals surface area (Å²) < 4.78 is 0. The van der Waals surface area contributed by atoms with Crippen molar-refractivity contribution >= 4 is 17.6 Å². The first-order chi connectivity index (χ1) is 2.91. The molecule has 0 saturated carbocycles. The van der Waals surface area contributed by atoms with Crippen LogP contribution in [0, 0.1) is 6.42 Å². The van der Waals surface area contributed by atoms with E-state index in [-0.39, 0.29) is 6.61 Å². The molecule has 0 rings (SSSR count). The summed E-state index contributed by atoms with van der Waals surface area (Å²) in [6, 6.07) is 0. The topological polar surface area (TPSA) is 20.2 Å². The van der Waals surface area contributed by atoms with Crippen LogP contribution < -0.4 is 0 Å². The average molecular weight is 103 g/mol. The molecule has 0 spiro atoms. The van der Waals surface area contributed by atoms with Gasteiger partial charge >= 0.3 is 0 Å². The molecule has 1 nitrogen and oxygen atoms in total. The second-order valence-corrected chi connectivity index (χ2v) is 1.21. The number of unbranched alkanes of at least 4 members (excludes halogenated alkanes) is 1. The molecule has 1 radical (unpaired) electrons. The van der Waals surface area contributed by atoms with Crippen molar-refractivity contribution in [2.75, 3.05) is 6.61 Å². The standard InChI is InChI=1S/C4H7OS/c5-3-1-2-4-6/h1,4-5H,2-3H2. The minimum atomic E-state index is 0.132. The Hall–Kier alpha value is 0.0500. The van der Waals surface area contributed by atoms with Crippen LogP contribution in [0.3, 0.4) is 0 Å². The molecule has 35 valence electrons. The normalized spacial score (nSPS) is 8.17. The summed E-state index contributed by atoms with van der Waals surface area (Å²) in [5.74, 6) is 0. The molecule has 2 heteroatoms. The lowest BCUT2D eigenvalue weighted by Gasteiger charge is -1.80. The van der Waals surface area contributed by atoms with Crippen LogP contribution in [0.4, 0.5) is 0 Å². The minimum Gasteiger partial charge on any atom is -0.396 e. The Balaban J connectivity index is 2.49. The highest BCUT2D eigenvalue weighted by Crippen LogP contribution is 1.77.